The van der Waals surface area contributed by atoms with Crippen molar-refractivity contribution in [2.75, 3.05) is 30.6 Å². The summed E-state index contributed by atoms with van der Waals surface area (Å²) in [7, 11) is -3.33. The van der Waals surface area contributed by atoms with Crippen molar-refractivity contribution in [3.63, 3.8) is 0 Å². The number of hydrogen-bond acceptors (Lipinski definition) is 7. The summed E-state index contributed by atoms with van der Waals surface area (Å²) in [5, 5.41) is 14.1. The Morgan fingerprint density at radius 1 is 0.956 bits per heavy atom. The van der Waals surface area contributed by atoms with Crippen molar-refractivity contribution in [1.82, 2.24) is 15.1 Å². The third-order valence-electron chi connectivity index (χ3n) is 9.48. The highest BCUT2D eigenvalue weighted by Gasteiger charge is 2.48. The molecule has 2 amide bonds. The van der Waals surface area contributed by atoms with Crippen LogP contribution < -0.4 is 14.8 Å². The molecular formula is C34H48N4O6S. The Balaban J connectivity index is 1.14. The second-order valence-corrected chi connectivity index (χ2v) is 14.7. The topological polar surface area (TPSA) is 128 Å². The highest BCUT2D eigenvalue weighted by molar-refractivity contribution is 7.92. The van der Waals surface area contributed by atoms with Gasteiger partial charge in [0.25, 0.3) is 0 Å². The van der Waals surface area contributed by atoms with Gasteiger partial charge in [-0.1, -0.05) is 44.7 Å². The van der Waals surface area contributed by atoms with Crippen LogP contribution >= 0.6 is 0 Å². The molecule has 2 aliphatic heterocycles. The smallest absolute Gasteiger partial charge is 0.248 e. The number of likely N-dealkylation sites (tertiary alicyclic amines) is 1. The molecule has 2 heterocycles. The minimum Gasteiger partial charge on any atom is -0.457 e. The molecule has 3 aliphatic rings. The van der Waals surface area contributed by atoms with Crippen LogP contribution in [0.25, 0.3) is 0 Å². The Hall–Kier alpha value is -3.15. The van der Waals surface area contributed by atoms with E-state index in [2.05, 4.69) is 21.9 Å². The average Bonchev–Trinajstić information content (AvgIpc) is 3.03. The van der Waals surface area contributed by atoms with Gasteiger partial charge in [0.15, 0.2) is 0 Å². The lowest BCUT2D eigenvalue weighted by atomic mass is 9.80. The van der Waals surface area contributed by atoms with Gasteiger partial charge in [0.2, 0.25) is 21.8 Å². The molecule has 2 unspecified atom stereocenters. The van der Waals surface area contributed by atoms with Crippen molar-refractivity contribution in [3.05, 3.63) is 54.1 Å². The fraction of sp³-hybridized carbons (Fsp3) is 0.588. The molecule has 2 saturated heterocycles. The molecule has 45 heavy (non-hydrogen) atoms. The van der Waals surface area contributed by atoms with Crippen LogP contribution in [-0.4, -0.2) is 79.2 Å². The SMILES string of the molecule is CCCCN1C(=O)[C@@H](C(O)C2CCCCC2)NC(=O)C1C1CCN(Cc2ccc(Oc3ccc(NS(C)(=O)=O)cc3)cc2)CC1. The van der Waals surface area contributed by atoms with Gasteiger partial charge in [0.1, 0.15) is 23.6 Å². The number of nitrogens with zero attached hydrogens (tertiary/aromatic N) is 2. The third kappa shape index (κ3) is 8.77. The number of aliphatic hydroxyl groups excluding tert-OH is 1. The summed E-state index contributed by atoms with van der Waals surface area (Å²) in [4.78, 5) is 31.5. The molecule has 3 fully saturated rings. The van der Waals surface area contributed by atoms with Crippen LogP contribution in [0.4, 0.5) is 5.69 Å². The van der Waals surface area contributed by atoms with Crippen LogP contribution in [0.15, 0.2) is 48.5 Å². The van der Waals surface area contributed by atoms with Crippen LogP contribution in [0.2, 0.25) is 0 Å². The highest BCUT2D eigenvalue weighted by atomic mass is 32.2. The number of sulfonamides is 1. The molecular weight excluding hydrogens is 592 g/mol. The molecule has 11 heteroatoms. The van der Waals surface area contributed by atoms with Gasteiger partial charge in [0.05, 0.1) is 12.4 Å². The van der Waals surface area contributed by atoms with E-state index < -0.39 is 28.2 Å². The predicted molar refractivity (Wildman–Crippen MR) is 174 cm³/mol. The zero-order chi connectivity index (χ0) is 32.0. The molecule has 0 aromatic heterocycles. The summed E-state index contributed by atoms with van der Waals surface area (Å²) in [6.07, 6.45) is 8.85. The number of anilines is 1. The summed E-state index contributed by atoms with van der Waals surface area (Å²) in [6.45, 7) is 5.10. The van der Waals surface area contributed by atoms with Crippen molar-refractivity contribution >= 4 is 27.5 Å². The van der Waals surface area contributed by atoms with Crippen LogP contribution in [0, 0.1) is 11.8 Å². The molecule has 0 bridgehead atoms. The summed E-state index contributed by atoms with van der Waals surface area (Å²) in [5.41, 5.74) is 1.63. The van der Waals surface area contributed by atoms with Gasteiger partial charge in [0, 0.05) is 18.8 Å². The van der Waals surface area contributed by atoms with Gasteiger partial charge in [-0.05, 0) is 99.0 Å². The summed E-state index contributed by atoms with van der Waals surface area (Å²) < 4.78 is 31.2. The molecule has 1 saturated carbocycles. The Labute approximate surface area is 267 Å². The van der Waals surface area contributed by atoms with Gasteiger partial charge in [-0.15, -0.1) is 0 Å². The molecule has 0 radical (unpaired) electrons. The number of benzene rings is 2. The lowest BCUT2D eigenvalue weighted by Crippen LogP contribution is -2.69. The largest absolute Gasteiger partial charge is 0.457 e. The van der Waals surface area contributed by atoms with Crippen molar-refractivity contribution in [2.24, 2.45) is 11.8 Å². The highest BCUT2D eigenvalue weighted by Crippen LogP contribution is 2.33. The Morgan fingerprint density at radius 3 is 2.18 bits per heavy atom. The number of amides is 2. The zero-order valence-electron chi connectivity index (χ0n) is 26.5. The van der Waals surface area contributed by atoms with E-state index in [-0.39, 0.29) is 23.7 Å². The first-order chi connectivity index (χ1) is 21.6. The number of carbonyl (C=O) groups excluding carboxylic acids is 2. The Bertz CT molecular complexity index is 1390. The van der Waals surface area contributed by atoms with E-state index in [0.29, 0.717) is 23.7 Å². The molecule has 246 valence electrons. The van der Waals surface area contributed by atoms with Gasteiger partial charge >= 0.3 is 0 Å². The van der Waals surface area contributed by atoms with Crippen LogP contribution in [-0.2, 0) is 26.2 Å². The van der Waals surface area contributed by atoms with Gasteiger partial charge in [-0.2, -0.15) is 0 Å². The van der Waals surface area contributed by atoms with E-state index >= 15 is 0 Å². The van der Waals surface area contributed by atoms with E-state index in [0.717, 1.165) is 82.8 Å². The molecule has 3 N–H and O–H groups in total. The first-order valence-corrected chi connectivity index (χ1v) is 18.4. The lowest BCUT2D eigenvalue weighted by Gasteiger charge is -2.46. The lowest BCUT2D eigenvalue weighted by molar-refractivity contribution is -0.157. The monoisotopic (exact) mass is 640 g/mol. The van der Waals surface area contributed by atoms with E-state index in [1.54, 1.807) is 29.2 Å². The minimum absolute atomic E-state index is 0.0688. The molecule has 0 spiro atoms. The number of piperazine rings is 1. The van der Waals surface area contributed by atoms with Crippen LogP contribution in [0.5, 0.6) is 11.5 Å². The van der Waals surface area contributed by atoms with Gasteiger partial charge in [-0.3, -0.25) is 19.2 Å². The fourth-order valence-electron chi connectivity index (χ4n) is 7.07. The predicted octanol–water partition coefficient (Wildman–Crippen LogP) is 4.50. The molecule has 3 atom stereocenters. The van der Waals surface area contributed by atoms with Crippen molar-refractivity contribution in [2.45, 2.75) is 89.4 Å². The maximum absolute atomic E-state index is 13.7. The van der Waals surface area contributed by atoms with Crippen molar-refractivity contribution in [3.8, 4) is 11.5 Å². The van der Waals surface area contributed by atoms with Gasteiger partial charge < -0.3 is 20.1 Å². The Morgan fingerprint density at radius 2 is 1.58 bits per heavy atom. The van der Waals surface area contributed by atoms with E-state index in [1.165, 1.54) is 6.42 Å². The first-order valence-electron chi connectivity index (χ1n) is 16.5. The maximum Gasteiger partial charge on any atom is 0.248 e. The number of ether oxygens (including phenoxy) is 1. The number of nitrogens with one attached hydrogen (secondary N) is 2. The maximum atomic E-state index is 13.7. The van der Waals surface area contributed by atoms with Crippen molar-refractivity contribution in [1.29, 1.82) is 0 Å². The molecule has 2 aromatic carbocycles. The van der Waals surface area contributed by atoms with E-state index in [4.69, 9.17) is 4.74 Å². The number of piperidine rings is 1. The minimum atomic E-state index is -3.33. The second kappa shape index (κ2) is 15.0. The number of rotatable bonds is 12. The summed E-state index contributed by atoms with van der Waals surface area (Å²) in [5.74, 6) is 1.23. The molecule has 2 aromatic rings. The number of hydrogen-bond donors (Lipinski definition) is 3. The van der Waals surface area contributed by atoms with E-state index in [9.17, 15) is 23.1 Å². The molecule has 10 nitrogen and oxygen atoms in total. The number of carbonyl (C=O) groups is 2. The molecule has 5 rings (SSSR count). The number of unbranched alkanes of at least 4 members (excludes halogenated alkanes) is 1. The Kier molecular flexibility index (Phi) is 11.0. The number of aliphatic hydroxyl groups is 1. The van der Waals surface area contributed by atoms with Crippen molar-refractivity contribution < 1.29 is 27.9 Å². The normalized spacial score (nSPS) is 23.0. The first kappa shape index (κ1) is 33.2. The van der Waals surface area contributed by atoms with Gasteiger partial charge in [-0.25, -0.2) is 8.42 Å². The fourth-order valence-corrected chi connectivity index (χ4v) is 7.64. The third-order valence-corrected chi connectivity index (χ3v) is 10.1. The standard InChI is InChI=1S/C34H48N4O6S/c1-3-4-20-38-31(33(40)35-30(34(38)41)32(39)26-8-6-5-7-9-26)25-18-21-37(22-19-25)23-24-10-14-28(15-11-24)44-29-16-12-27(13-17-29)36-45(2,42)43/h10-17,25-26,30-32,36,39H,3-9,18-23H2,1-2H3,(H,35,40)/t30-,31?,32?/m1/s1. The quantitative estimate of drug-likeness (QED) is 0.312. The zero-order valence-corrected chi connectivity index (χ0v) is 27.3. The van der Waals surface area contributed by atoms with E-state index in [1.807, 2.05) is 24.3 Å². The average molecular weight is 641 g/mol. The summed E-state index contributed by atoms with van der Waals surface area (Å²) >= 11 is 0. The second-order valence-electron chi connectivity index (χ2n) is 13.0. The van der Waals surface area contributed by atoms with Crippen LogP contribution in [0.3, 0.4) is 0 Å². The summed E-state index contributed by atoms with van der Waals surface area (Å²) in [6, 6.07) is 13.4. The molecule has 1 aliphatic carbocycles. The van der Waals surface area contributed by atoms with Crippen LogP contribution in [0.1, 0.15) is 70.3 Å².